The van der Waals surface area contributed by atoms with Gasteiger partial charge in [-0.1, -0.05) is 28.9 Å². The minimum Gasteiger partial charge on any atom is -0.452 e. The molecule has 0 aliphatic rings. The molecule has 1 heterocycles. The Morgan fingerprint density at radius 3 is 2.64 bits per heavy atom. The van der Waals surface area contributed by atoms with Crippen LogP contribution in [-0.4, -0.2) is 23.6 Å². The first-order valence-corrected chi connectivity index (χ1v) is 9.74. The summed E-state index contributed by atoms with van der Waals surface area (Å²) in [7, 11) is 0. The third-order valence-corrected chi connectivity index (χ3v) is 4.98. The van der Waals surface area contributed by atoms with Crippen LogP contribution < -0.4 is 5.32 Å². The smallest absolute Gasteiger partial charge is 0.339 e. The summed E-state index contributed by atoms with van der Waals surface area (Å²) in [6.07, 6.45) is 0. The average molecular weight is 417 g/mol. The minimum atomic E-state index is -0.564. The van der Waals surface area contributed by atoms with Gasteiger partial charge < -0.3 is 14.6 Å². The normalized spacial score (nSPS) is 10.5. The van der Waals surface area contributed by atoms with Gasteiger partial charge in [0.15, 0.2) is 6.61 Å². The topological polar surface area (TPSA) is 81.4 Å². The molecular weight excluding hydrogens is 400 g/mol. The molecule has 8 heteroatoms. The molecule has 0 bridgehead atoms. The highest BCUT2D eigenvalue weighted by Gasteiger charge is 2.15. The molecule has 0 spiro atoms. The van der Waals surface area contributed by atoms with E-state index in [2.05, 4.69) is 10.5 Å². The van der Waals surface area contributed by atoms with Gasteiger partial charge in [-0.15, -0.1) is 11.8 Å². The van der Waals surface area contributed by atoms with Gasteiger partial charge in [0, 0.05) is 27.4 Å². The number of hydrogen-bond donors (Lipinski definition) is 1. The molecule has 0 atom stereocenters. The molecule has 0 saturated carbocycles. The second kappa shape index (κ2) is 9.43. The first-order chi connectivity index (χ1) is 13.5. The summed E-state index contributed by atoms with van der Waals surface area (Å²) in [5.41, 5.74) is 1.75. The summed E-state index contributed by atoms with van der Waals surface area (Å²) in [6.45, 7) is 1.44. The fourth-order valence-corrected chi connectivity index (χ4v) is 3.39. The van der Waals surface area contributed by atoms with E-state index in [-0.39, 0.29) is 6.61 Å². The van der Waals surface area contributed by atoms with Crippen LogP contribution in [0.15, 0.2) is 64.0 Å². The molecule has 2 aromatic carbocycles. The number of carbonyl (C=O) groups is 2. The number of benzene rings is 2. The fourth-order valence-electron chi connectivity index (χ4n) is 2.34. The van der Waals surface area contributed by atoms with Gasteiger partial charge in [0.1, 0.15) is 5.76 Å². The molecule has 3 rings (SSSR count). The average Bonchev–Trinajstić information content (AvgIpc) is 3.12. The van der Waals surface area contributed by atoms with Gasteiger partial charge in [-0.05, 0) is 43.3 Å². The van der Waals surface area contributed by atoms with Crippen LogP contribution in [0.3, 0.4) is 0 Å². The van der Waals surface area contributed by atoms with E-state index < -0.39 is 11.9 Å². The van der Waals surface area contributed by atoms with Crippen molar-refractivity contribution in [2.45, 2.75) is 17.6 Å². The highest BCUT2D eigenvalue weighted by molar-refractivity contribution is 7.98. The Morgan fingerprint density at radius 1 is 1.18 bits per heavy atom. The number of aryl methyl sites for hydroxylation is 1. The van der Waals surface area contributed by atoms with Gasteiger partial charge >= 0.3 is 5.97 Å². The molecule has 1 amide bonds. The number of ether oxygens (including phenoxy) is 1. The van der Waals surface area contributed by atoms with Crippen LogP contribution in [0.1, 0.15) is 21.8 Å². The van der Waals surface area contributed by atoms with Crippen LogP contribution in [0.4, 0.5) is 5.69 Å². The maximum atomic E-state index is 12.4. The number of thioether (sulfide) groups is 1. The molecule has 0 saturated heterocycles. The molecular formula is C20H17ClN2O4S. The lowest BCUT2D eigenvalue weighted by Gasteiger charge is -2.09. The second-order valence-electron chi connectivity index (χ2n) is 5.84. The number of carbonyl (C=O) groups excluding carboxylic acids is 2. The van der Waals surface area contributed by atoms with Crippen molar-refractivity contribution in [2.75, 3.05) is 11.9 Å². The van der Waals surface area contributed by atoms with Crippen LogP contribution in [-0.2, 0) is 15.3 Å². The van der Waals surface area contributed by atoms with Crippen LogP contribution in [0.25, 0.3) is 0 Å². The highest BCUT2D eigenvalue weighted by Crippen LogP contribution is 2.26. The van der Waals surface area contributed by atoms with Crippen molar-refractivity contribution in [1.82, 2.24) is 5.16 Å². The van der Waals surface area contributed by atoms with Crippen LogP contribution >= 0.6 is 23.4 Å². The monoisotopic (exact) mass is 416 g/mol. The third-order valence-electron chi connectivity index (χ3n) is 3.62. The minimum absolute atomic E-state index is 0.386. The number of esters is 1. The number of halogens is 1. The summed E-state index contributed by atoms with van der Waals surface area (Å²) in [5, 5.41) is 7.15. The molecule has 0 radical (unpaired) electrons. The number of anilines is 1. The molecule has 0 fully saturated rings. The maximum Gasteiger partial charge on any atom is 0.339 e. The van der Waals surface area contributed by atoms with Crippen molar-refractivity contribution in [2.24, 2.45) is 0 Å². The van der Waals surface area contributed by atoms with E-state index in [0.29, 0.717) is 22.0 Å². The summed E-state index contributed by atoms with van der Waals surface area (Å²) in [5.74, 6) is 0.290. The predicted molar refractivity (Wildman–Crippen MR) is 108 cm³/mol. The molecule has 1 N–H and O–H groups in total. The van der Waals surface area contributed by atoms with E-state index in [1.54, 1.807) is 36.4 Å². The van der Waals surface area contributed by atoms with Crippen molar-refractivity contribution in [3.63, 3.8) is 0 Å². The Kier molecular flexibility index (Phi) is 6.73. The summed E-state index contributed by atoms with van der Waals surface area (Å²) >= 11 is 7.25. The van der Waals surface area contributed by atoms with Crippen molar-refractivity contribution >= 4 is 40.9 Å². The van der Waals surface area contributed by atoms with E-state index in [4.69, 9.17) is 20.9 Å². The fraction of sp³-hybridized carbons (Fsp3) is 0.150. The van der Waals surface area contributed by atoms with E-state index in [9.17, 15) is 9.59 Å². The molecule has 144 valence electrons. The number of hydrogen-bond acceptors (Lipinski definition) is 6. The summed E-state index contributed by atoms with van der Waals surface area (Å²) < 4.78 is 10.2. The van der Waals surface area contributed by atoms with Gasteiger partial charge in [-0.2, -0.15) is 0 Å². The largest absolute Gasteiger partial charge is 0.452 e. The van der Waals surface area contributed by atoms with Gasteiger partial charge in [0.2, 0.25) is 0 Å². The second-order valence-corrected chi connectivity index (χ2v) is 7.30. The molecule has 0 unspecified atom stereocenters. The lowest BCUT2D eigenvalue weighted by molar-refractivity contribution is -0.119. The lowest BCUT2D eigenvalue weighted by atomic mass is 10.2. The van der Waals surface area contributed by atoms with E-state index in [0.717, 1.165) is 16.3 Å². The molecule has 0 aliphatic carbocycles. The van der Waals surface area contributed by atoms with Crippen molar-refractivity contribution in [3.05, 3.63) is 76.6 Å². The van der Waals surface area contributed by atoms with Crippen molar-refractivity contribution in [3.8, 4) is 0 Å². The zero-order valence-electron chi connectivity index (χ0n) is 15.0. The van der Waals surface area contributed by atoms with Crippen LogP contribution in [0.2, 0.25) is 5.02 Å². The van der Waals surface area contributed by atoms with Crippen molar-refractivity contribution in [1.29, 1.82) is 0 Å². The SMILES string of the molecule is Cc1cc(CSc2ccccc2C(=O)OCC(=O)Nc2ccc(Cl)cc2)no1. The molecule has 1 aromatic heterocycles. The van der Waals surface area contributed by atoms with Crippen molar-refractivity contribution < 1.29 is 18.8 Å². The zero-order chi connectivity index (χ0) is 19.9. The quantitative estimate of drug-likeness (QED) is 0.443. The number of nitrogens with zero attached hydrogens (tertiary/aromatic N) is 1. The highest BCUT2D eigenvalue weighted by atomic mass is 35.5. The first-order valence-electron chi connectivity index (χ1n) is 8.38. The maximum absolute atomic E-state index is 12.4. The van der Waals surface area contributed by atoms with E-state index >= 15 is 0 Å². The van der Waals surface area contributed by atoms with Gasteiger partial charge in [0.25, 0.3) is 5.91 Å². The number of rotatable bonds is 7. The predicted octanol–water partition coefficient (Wildman–Crippen LogP) is 4.72. The van der Waals surface area contributed by atoms with Crippen LogP contribution in [0.5, 0.6) is 0 Å². The Labute approximate surface area is 171 Å². The van der Waals surface area contributed by atoms with E-state index in [1.807, 2.05) is 25.1 Å². The summed E-state index contributed by atoms with van der Waals surface area (Å²) in [4.78, 5) is 25.1. The van der Waals surface area contributed by atoms with Gasteiger partial charge in [-0.3, -0.25) is 4.79 Å². The first kappa shape index (κ1) is 20.0. The zero-order valence-corrected chi connectivity index (χ0v) is 16.5. The molecule has 6 nitrogen and oxygen atoms in total. The third kappa shape index (κ3) is 5.61. The van der Waals surface area contributed by atoms with E-state index in [1.165, 1.54) is 11.8 Å². The number of nitrogens with one attached hydrogen (secondary N) is 1. The Morgan fingerprint density at radius 2 is 1.93 bits per heavy atom. The Hall–Kier alpha value is -2.77. The standard InChI is InChI=1S/C20H17ClN2O4S/c1-13-10-16(23-27-13)12-28-18-5-3-2-4-17(18)20(25)26-11-19(24)22-15-8-6-14(21)7-9-15/h2-10H,11-12H2,1H3,(H,22,24). The summed E-state index contributed by atoms with van der Waals surface area (Å²) in [6, 6.07) is 15.6. The number of amides is 1. The van der Waals surface area contributed by atoms with Crippen LogP contribution in [0, 0.1) is 6.92 Å². The van der Waals surface area contributed by atoms with Gasteiger partial charge in [0.05, 0.1) is 11.3 Å². The number of aromatic nitrogens is 1. The van der Waals surface area contributed by atoms with Gasteiger partial charge in [-0.25, -0.2) is 4.79 Å². The molecule has 3 aromatic rings. The Balaban J connectivity index is 1.56. The Bertz CT molecular complexity index is 972. The lowest BCUT2D eigenvalue weighted by Crippen LogP contribution is -2.21. The molecule has 28 heavy (non-hydrogen) atoms. The molecule has 0 aliphatic heterocycles.